The molecule has 120 valence electrons. The molecule has 0 bridgehead atoms. The zero-order valence-corrected chi connectivity index (χ0v) is 12.2. The lowest BCUT2D eigenvalue weighted by molar-refractivity contribution is -0.119. The lowest BCUT2D eigenvalue weighted by atomic mass is 10.2. The molecule has 0 radical (unpaired) electrons. The van der Waals surface area contributed by atoms with Crippen LogP contribution in [-0.2, 0) is 9.53 Å². The zero-order chi connectivity index (χ0) is 17.0. The Morgan fingerprint density at radius 3 is 2.30 bits per heavy atom. The van der Waals surface area contributed by atoms with Crippen LogP contribution in [0.15, 0.2) is 36.4 Å². The molecule has 2 aromatic rings. The third-order valence-electron chi connectivity index (χ3n) is 2.69. The van der Waals surface area contributed by atoms with Gasteiger partial charge in [0.1, 0.15) is 5.82 Å². The van der Waals surface area contributed by atoms with Crippen molar-refractivity contribution in [1.29, 1.82) is 0 Å². The normalized spacial score (nSPS) is 10.3. The highest BCUT2D eigenvalue weighted by Crippen LogP contribution is 2.20. The molecule has 1 N–H and O–H groups in total. The fourth-order valence-electron chi connectivity index (χ4n) is 1.62. The number of rotatable bonds is 4. The summed E-state index contributed by atoms with van der Waals surface area (Å²) >= 11 is 5.61. The van der Waals surface area contributed by atoms with Gasteiger partial charge < -0.3 is 10.1 Å². The van der Waals surface area contributed by atoms with Crippen LogP contribution in [0.5, 0.6) is 0 Å². The summed E-state index contributed by atoms with van der Waals surface area (Å²) in [5, 5.41) is 2.02. The number of esters is 1. The Labute approximate surface area is 133 Å². The van der Waals surface area contributed by atoms with Crippen molar-refractivity contribution in [3.05, 3.63) is 64.4 Å². The molecule has 0 unspecified atom stereocenters. The molecule has 0 atom stereocenters. The van der Waals surface area contributed by atoms with Gasteiger partial charge in [-0.15, -0.1) is 0 Å². The van der Waals surface area contributed by atoms with Gasteiger partial charge in [-0.3, -0.25) is 4.79 Å². The van der Waals surface area contributed by atoms with Gasteiger partial charge in [0.25, 0.3) is 5.91 Å². The van der Waals surface area contributed by atoms with Gasteiger partial charge in [0, 0.05) is 5.69 Å². The monoisotopic (exact) mass is 343 g/mol. The number of anilines is 1. The van der Waals surface area contributed by atoms with Crippen molar-refractivity contribution in [3.63, 3.8) is 0 Å². The van der Waals surface area contributed by atoms with E-state index in [-0.39, 0.29) is 5.02 Å². The maximum atomic E-state index is 13.1. The quantitative estimate of drug-likeness (QED) is 0.682. The smallest absolute Gasteiger partial charge is 0.340 e. The highest BCUT2D eigenvalue weighted by molar-refractivity contribution is 6.33. The summed E-state index contributed by atoms with van der Waals surface area (Å²) in [6.07, 6.45) is 0. The van der Waals surface area contributed by atoms with Gasteiger partial charge in [0.15, 0.2) is 18.2 Å². The first-order valence-electron chi connectivity index (χ1n) is 6.24. The van der Waals surface area contributed by atoms with Crippen molar-refractivity contribution < 1.29 is 27.5 Å². The van der Waals surface area contributed by atoms with E-state index in [1.54, 1.807) is 0 Å². The molecule has 0 fully saturated rings. The van der Waals surface area contributed by atoms with Crippen LogP contribution in [-0.4, -0.2) is 18.5 Å². The second-order valence-electron chi connectivity index (χ2n) is 4.38. The molecule has 0 aliphatic rings. The summed E-state index contributed by atoms with van der Waals surface area (Å²) in [4.78, 5) is 23.3. The predicted octanol–water partition coefficient (Wildman–Crippen LogP) is 3.55. The minimum absolute atomic E-state index is 0.304. The van der Waals surface area contributed by atoms with Crippen LogP contribution < -0.4 is 5.32 Å². The third kappa shape index (κ3) is 4.46. The van der Waals surface area contributed by atoms with Gasteiger partial charge in [-0.05, 0) is 36.4 Å². The van der Waals surface area contributed by atoms with Gasteiger partial charge in [-0.25, -0.2) is 18.0 Å². The predicted molar refractivity (Wildman–Crippen MR) is 76.7 cm³/mol. The van der Waals surface area contributed by atoms with Crippen LogP contribution >= 0.6 is 11.6 Å². The second kappa shape index (κ2) is 7.15. The van der Waals surface area contributed by atoms with Gasteiger partial charge in [0.2, 0.25) is 0 Å². The Morgan fingerprint density at radius 1 is 1.04 bits per heavy atom. The van der Waals surface area contributed by atoms with Crippen molar-refractivity contribution in [1.82, 2.24) is 0 Å². The first-order valence-corrected chi connectivity index (χ1v) is 6.61. The second-order valence-corrected chi connectivity index (χ2v) is 4.78. The molecule has 0 aromatic heterocycles. The lowest BCUT2D eigenvalue weighted by Gasteiger charge is -2.08. The van der Waals surface area contributed by atoms with Crippen molar-refractivity contribution in [2.75, 3.05) is 11.9 Å². The van der Waals surface area contributed by atoms with Crippen molar-refractivity contribution in [2.24, 2.45) is 0 Å². The number of carbonyl (C=O) groups excluding carboxylic acids is 2. The molecule has 0 spiro atoms. The van der Waals surface area contributed by atoms with E-state index in [9.17, 15) is 22.8 Å². The maximum Gasteiger partial charge on any atom is 0.340 e. The minimum Gasteiger partial charge on any atom is -0.452 e. The number of amides is 1. The van der Waals surface area contributed by atoms with E-state index < -0.39 is 41.5 Å². The fraction of sp³-hybridized carbons (Fsp3) is 0.0667. The van der Waals surface area contributed by atoms with E-state index in [0.29, 0.717) is 17.8 Å². The highest BCUT2D eigenvalue weighted by atomic mass is 35.5. The Morgan fingerprint density at radius 2 is 1.65 bits per heavy atom. The molecule has 0 aliphatic carbocycles. The van der Waals surface area contributed by atoms with Crippen molar-refractivity contribution in [2.45, 2.75) is 0 Å². The van der Waals surface area contributed by atoms with Crippen molar-refractivity contribution in [3.8, 4) is 0 Å². The third-order valence-corrected chi connectivity index (χ3v) is 3.00. The largest absolute Gasteiger partial charge is 0.452 e. The molecule has 2 aromatic carbocycles. The van der Waals surface area contributed by atoms with Crippen LogP contribution in [0.1, 0.15) is 10.4 Å². The van der Waals surface area contributed by atoms with Crippen LogP contribution in [0.25, 0.3) is 0 Å². The summed E-state index contributed by atoms with van der Waals surface area (Å²) in [6, 6.07) is 6.14. The molecule has 8 heteroatoms. The molecule has 0 saturated carbocycles. The Hall–Kier alpha value is -2.54. The number of ether oxygens (including phenoxy) is 1. The average molecular weight is 344 g/mol. The van der Waals surface area contributed by atoms with E-state index >= 15 is 0 Å². The van der Waals surface area contributed by atoms with Crippen LogP contribution in [0.4, 0.5) is 18.9 Å². The number of nitrogens with one attached hydrogen (secondary N) is 1. The van der Waals surface area contributed by atoms with E-state index in [4.69, 9.17) is 11.6 Å². The standard InChI is InChI=1S/C15H9ClF3NO3/c16-11-6-13(19)12(18)5-10(11)15(22)23-7-14(21)20-9-3-1-8(17)2-4-9/h1-6H,7H2,(H,20,21). The highest BCUT2D eigenvalue weighted by Gasteiger charge is 2.17. The maximum absolute atomic E-state index is 13.1. The fourth-order valence-corrected chi connectivity index (χ4v) is 1.85. The van der Waals surface area contributed by atoms with Crippen LogP contribution in [0.2, 0.25) is 5.02 Å². The van der Waals surface area contributed by atoms with Gasteiger partial charge >= 0.3 is 5.97 Å². The number of benzene rings is 2. The summed E-state index contributed by atoms with van der Waals surface area (Å²) in [5.41, 5.74) is -0.0987. The van der Waals surface area contributed by atoms with Gasteiger partial charge in [0.05, 0.1) is 10.6 Å². The zero-order valence-electron chi connectivity index (χ0n) is 11.4. The first kappa shape index (κ1) is 16.8. The Kier molecular flexibility index (Phi) is 5.23. The van der Waals surface area contributed by atoms with E-state index in [0.717, 1.165) is 12.1 Å². The molecule has 23 heavy (non-hydrogen) atoms. The number of hydrogen-bond donors (Lipinski definition) is 1. The number of halogens is 4. The van der Waals surface area contributed by atoms with Gasteiger partial charge in [-0.2, -0.15) is 0 Å². The SMILES string of the molecule is O=C(COC(=O)c1cc(F)c(F)cc1Cl)Nc1ccc(F)cc1. The van der Waals surface area contributed by atoms with Crippen LogP contribution in [0.3, 0.4) is 0 Å². The summed E-state index contributed by atoms with van der Waals surface area (Å²) < 4.78 is 43.4. The lowest BCUT2D eigenvalue weighted by Crippen LogP contribution is -2.21. The van der Waals surface area contributed by atoms with Crippen molar-refractivity contribution >= 4 is 29.2 Å². The molecule has 0 aliphatic heterocycles. The van der Waals surface area contributed by atoms with E-state index in [1.165, 1.54) is 12.1 Å². The first-order chi connectivity index (χ1) is 10.9. The average Bonchev–Trinajstić information content (AvgIpc) is 2.51. The molecule has 0 saturated heterocycles. The number of hydrogen-bond acceptors (Lipinski definition) is 3. The molecule has 1 amide bonds. The molecular formula is C15H9ClF3NO3. The topological polar surface area (TPSA) is 55.4 Å². The molecule has 2 rings (SSSR count). The molecule has 4 nitrogen and oxygen atoms in total. The summed E-state index contributed by atoms with van der Waals surface area (Å²) in [7, 11) is 0. The Bertz CT molecular complexity index is 750. The minimum atomic E-state index is -1.27. The summed E-state index contributed by atoms with van der Waals surface area (Å²) in [5.74, 6) is -4.72. The van der Waals surface area contributed by atoms with E-state index in [1.807, 2.05) is 0 Å². The number of carbonyl (C=O) groups is 2. The van der Waals surface area contributed by atoms with Crippen LogP contribution in [0, 0.1) is 17.5 Å². The summed E-state index contributed by atoms with van der Waals surface area (Å²) in [6.45, 7) is -0.675. The Balaban J connectivity index is 1.95. The van der Waals surface area contributed by atoms with Gasteiger partial charge in [-0.1, -0.05) is 11.6 Å². The van der Waals surface area contributed by atoms with E-state index in [2.05, 4.69) is 10.1 Å². The molecule has 0 heterocycles. The molecular weight excluding hydrogens is 335 g/mol.